The summed E-state index contributed by atoms with van der Waals surface area (Å²) in [6, 6.07) is 7.27. The number of rotatable bonds is 6. The summed E-state index contributed by atoms with van der Waals surface area (Å²) < 4.78 is 0. The molecule has 0 saturated carbocycles. The first-order valence-electron chi connectivity index (χ1n) is 11.6. The largest absolute Gasteiger partial charge is 0.378 e. The van der Waals surface area contributed by atoms with E-state index in [4.69, 9.17) is 4.98 Å². The summed E-state index contributed by atoms with van der Waals surface area (Å²) in [5.41, 5.74) is 7.98. The maximum absolute atomic E-state index is 12.3. The molecule has 1 aromatic heterocycles. The molecule has 0 spiro atoms. The van der Waals surface area contributed by atoms with Gasteiger partial charge in [-0.1, -0.05) is 38.5 Å². The number of nitrogens with one attached hydrogen (secondary N) is 3. The van der Waals surface area contributed by atoms with Crippen LogP contribution in [-0.4, -0.2) is 37.4 Å². The van der Waals surface area contributed by atoms with Crippen molar-refractivity contribution in [2.75, 3.05) is 30.9 Å². The van der Waals surface area contributed by atoms with Crippen molar-refractivity contribution in [2.45, 2.75) is 64.2 Å². The molecule has 1 aliphatic carbocycles. The first-order chi connectivity index (χ1) is 15.5. The number of thiazole rings is 1. The van der Waals surface area contributed by atoms with Crippen LogP contribution in [0.15, 0.2) is 24.3 Å². The SMILES string of the molecule is CN(C)c1ccc(C(=O)NNCC(=O)Nc2nc3c(s2)CCCCCCCCCC3)cc1. The van der Waals surface area contributed by atoms with Gasteiger partial charge in [0.2, 0.25) is 5.91 Å². The Bertz CT molecular complexity index is 850. The normalized spacial score (nSPS) is 15.1. The molecule has 1 heterocycles. The fourth-order valence-corrected chi connectivity index (χ4v) is 4.88. The number of anilines is 2. The van der Waals surface area contributed by atoms with Gasteiger partial charge in [0.1, 0.15) is 0 Å². The number of carbonyl (C=O) groups is 2. The Morgan fingerprint density at radius 2 is 1.56 bits per heavy atom. The Morgan fingerprint density at radius 3 is 2.22 bits per heavy atom. The van der Waals surface area contributed by atoms with Gasteiger partial charge in [0, 0.05) is 30.2 Å². The topological polar surface area (TPSA) is 86.4 Å². The molecular formula is C24H35N5O2S. The van der Waals surface area contributed by atoms with Crippen LogP contribution in [0.4, 0.5) is 10.8 Å². The molecule has 0 unspecified atom stereocenters. The van der Waals surface area contributed by atoms with Crippen molar-refractivity contribution in [2.24, 2.45) is 0 Å². The average Bonchev–Trinajstić information content (AvgIpc) is 3.14. The van der Waals surface area contributed by atoms with Gasteiger partial charge in [-0.25, -0.2) is 10.4 Å². The van der Waals surface area contributed by atoms with Crippen LogP contribution >= 0.6 is 11.3 Å². The van der Waals surface area contributed by atoms with Crippen molar-refractivity contribution < 1.29 is 9.59 Å². The smallest absolute Gasteiger partial charge is 0.265 e. The van der Waals surface area contributed by atoms with Crippen LogP contribution in [0, 0.1) is 0 Å². The van der Waals surface area contributed by atoms with Crippen molar-refractivity contribution in [3.8, 4) is 0 Å². The molecular weight excluding hydrogens is 422 g/mol. The minimum absolute atomic E-state index is 0.0221. The molecule has 7 nitrogen and oxygen atoms in total. The molecule has 1 aliphatic rings. The molecule has 0 bridgehead atoms. The number of hydrogen-bond acceptors (Lipinski definition) is 6. The lowest BCUT2D eigenvalue weighted by atomic mass is 10.0. The number of amides is 2. The minimum atomic E-state index is -0.278. The quantitative estimate of drug-likeness (QED) is 0.563. The molecule has 3 rings (SSSR count). The third-order valence-corrected chi connectivity index (χ3v) is 6.76. The highest BCUT2D eigenvalue weighted by Gasteiger charge is 2.14. The molecule has 174 valence electrons. The van der Waals surface area contributed by atoms with E-state index in [-0.39, 0.29) is 18.4 Å². The van der Waals surface area contributed by atoms with E-state index < -0.39 is 0 Å². The number of benzene rings is 1. The highest BCUT2D eigenvalue weighted by atomic mass is 32.1. The second-order valence-electron chi connectivity index (χ2n) is 8.51. The summed E-state index contributed by atoms with van der Waals surface area (Å²) in [5, 5.41) is 3.53. The lowest BCUT2D eigenvalue weighted by Crippen LogP contribution is -2.42. The van der Waals surface area contributed by atoms with E-state index in [9.17, 15) is 9.59 Å². The lowest BCUT2D eigenvalue weighted by Gasteiger charge is -2.12. The summed E-state index contributed by atoms with van der Waals surface area (Å²) in [4.78, 5) is 32.6. The second kappa shape index (κ2) is 12.6. The van der Waals surface area contributed by atoms with Crippen LogP contribution in [0.5, 0.6) is 0 Å². The Labute approximate surface area is 195 Å². The van der Waals surface area contributed by atoms with Gasteiger partial charge in [-0.2, -0.15) is 0 Å². The number of fused-ring (bicyclic) bond motifs is 1. The molecule has 32 heavy (non-hydrogen) atoms. The second-order valence-corrected chi connectivity index (χ2v) is 9.60. The summed E-state index contributed by atoms with van der Waals surface area (Å²) in [6.45, 7) is -0.0221. The molecule has 0 atom stereocenters. The predicted molar refractivity (Wildman–Crippen MR) is 131 cm³/mol. The van der Waals surface area contributed by atoms with Gasteiger partial charge in [-0.05, 0) is 49.9 Å². The number of carbonyl (C=O) groups excluding carboxylic acids is 2. The zero-order chi connectivity index (χ0) is 22.8. The highest BCUT2D eigenvalue weighted by Crippen LogP contribution is 2.27. The highest BCUT2D eigenvalue weighted by molar-refractivity contribution is 7.15. The van der Waals surface area contributed by atoms with Crippen molar-refractivity contribution in [3.05, 3.63) is 40.4 Å². The zero-order valence-corrected chi connectivity index (χ0v) is 20.0. The summed E-state index contributed by atoms with van der Waals surface area (Å²) in [5.74, 6) is -0.502. The van der Waals surface area contributed by atoms with Crippen molar-refractivity contribution in [1.82, 2.24) is 15.8 Å². The van der Waals surface area contributed by atoms with E-state index >= 15 is 0 Å². The maximum atomic E-state index is 12.3. The van der Waals surface area contributed by atoms with Crippen LogP contribution in [0.3, 0.4) is 0 Å². The van der Waals surface area contributed by atoms with E-state index in [0.717, 1.165) is 30.6 Å². The van der Waals surface area contributed by atoms with Crippen molar-refractivity contribution in [1.29, 1.82) is 0 Å². The fourth-order valence-electron chi connectivity index (χ4n) is 3.82. The van der Waals surface area contributed by atoms with Crippen LogP contribution < -0.4 is 21.1 Å². The first-order valence-corrected chi connectivity index (χ1v) is 12.4. The minimum Gasteiger partial charge on any atom is -0.378 e. The van der Waals surface area contributed by atoms with E-state index in [1.54, 1.807) is 23.5 Å². The van der Waals surface area contributed by atoms with Crippen LogP contribution in [0.25, 0.3) is 0 Å². The number of aromatic nitrogens is 1. The third kappa shape index (κ3) is 7.60. The van der Waals surface area contributed by atoms with Crippen molar-refractivity contribution >= 4 is 34.0 Å². The van der Waals surface area contributed by atoms with Gasteiger partial charge in [0.05, 0.1) is 12.2 Å². The standard InChI is InChI=1S/C24H35N5O2S/c1-29(2)19-15-13-18(14-16-19)23(31)28-25-17-22(30)27-24-26-20-11-9-7-5-3-4-6-8-10-12-21(20)32-24/h13-16,25H,3-12,17H2,1-2H3,(H,28,31)(H,26,27,30). The average molecular weight is 458 g/mol. The fraction of sp³-hybridized carbons (Fsp3) is 0.542. The molecule has 2 amide bonds. The number of hydrazine groups is 1. The molecule has 0 radical (unpaired) electrons. The summed E-state index contributed by atoms with van der Waals surface area (Å²) >= 11 is 1.59. The first kappa shape index (κ1) is 24.2. The van der Waals surface area contributed by atoms with Crippen LogP contribution in [0.1, 0.15) is 72.3 Å². The summed E-state index contributed by atoms with van der Waals surface area (Å²) in [6.07, 6.45) is 12.2. The van der Waals surface area contributed by atoms with Gasteiger partial charge in [-0.15, -0.1) is 11.3 Å². The van der Waals surface area contributed by atoms with Gasteiger partial charge >= 0.3 is 0 Å². The van der Waals surface area contributed by atoms with E-state index in [2.05, 4.69) is 16.2 Å². The number of aryl methyl sites for hydroxylation is 2. The molecule has 2 aromatic rings. The molecule has 0 saturated heterocycles. The van der Waals surface area contributed by atoms with Gasteiger partial charge in [0.25, 0.3) is 5.91 Å². The molecule has 1 aromatic carbocycles. The Kier molecular flexibility index (Phi) is 9.49. The molecule has 8 heteroatoms. The van der Waals surface area contributed by atoms with E-state index in [1.165, 1.54) is 49.8 Å². The van der Waals surface area contributed by atoms with Crippen LogP contribution in [0.2, 0.25) is 0 Å². The predicted octanol–water partition coefficient (Wildman–Crippen LogP) is 4.30. The maximum Gasteiger partial charge on any atom is 0.265 e. The number of hydrogen-bond donors (Lipinski definition) is 3. The van der Waals surface area contributed by atoms with Crippen molar-refractivity contribution in [3.63, 3.8) is 0 Å². The monoisotopic (exact) mass is 457 g/mol. The Morgan fingerprint density at radius 1 is 0.938 bits per heavy atom. The zero-order valence-electron chi connectivity index (χ0n) is 19.2. The Balaban J connectivity index is 1.47. The molecule has 3 N–H and O–H groups in total. The lowest BCUT2D eigenvalue weighted by molar-refractivity contribution is -0.115. The van der Waals surface area contributed by atoms with E-state index in [1.807, 2.05) is 31.1 Å². The van der Waals surface area contributed by atoms with Gasteiger partial charge < -0.3 is 10.2 Å². The van der Waals surface area contributed by atoms with Gasteiger partial charge in [0.15, 0.2) is 5.13 Å². The molecule has 0 fully saturated rings. The summed E-state index contributed by atoms with van der Waals surface area (Å²) in [7, 11) is 3.89. The third-order valence-electron chi connectivity index (χ3n) is 5.69. The molecule has 0 aliphatic heterocycles. The van der Waals surface area contributed by atoms with Gasteiger partial charge in [-0.3, -0.25) is 15.0 Å². The number of nitrogens with zero attached hydrogens (tertiary/aromatic N) is 2. The van der Waals surface area contributed by atoms with Crippen LogP contribution in [-0.2, 0) is 17.6 Å². The Hall–Kier alpha value is -2.45. The van der Waals surface area contributed by atoms with E-state index in [0.29, 0.717) is 10.7 Å².